The molecular weight excluding hydrogens is 226 g/mol. The van der Waals surface area contributed by atoms with Crippen molar-refractivity contribution in [2.75, 3.05) is 13.2 Å². The molecule has 0 fully saturated rings. The van der Waals surface area contributed by atoms with E-state index >= 15 is 0 Å². The number of nitrogens with zero attached hydrogens (tertiary/aromatic N) is 2. The largest absolute Gasteiger partial charge is 0.477 e. The molecule has 0 aromatic carbocycles. The molecule has 0 amide bonds. The zero-order valence-electron chi connectivity index (χ0n) is 12.0. The number of hydrogen-bond acceptors (Lipinski definition) is 4. The Hall–Kier alpha value is -1.16. The molecule has 1 rings (SSSR count). The topological polar surface area (TPSA) is 47.0 Å². The van der Waals surface area contributed by atoms with Gasteiger partial charge >= 0.3 is 0 Å². The lowest BCUT2D eigenvalue weighted by Gasteiger charge is -2.18. The van der Waals surface area contributed by atoms with Crippen LogP contribution in [0.1, 0.15) is 46.1 Å². The molecule has 0 atom stereocenters. The summed E-state index contributed by atoms with van der Waals surface area (Å²) in [5.74, 6) is 0.706. The van der Waals surface area contributed by atoms with Crippen molar-refractivity contribution in [3.8, 4) is 5.88 Å². The molecule has 0 saturated carbocycles. The predicted molar refractivity (Wildman–Crippen MR) is 73.6 cm³/mol. The molecule has 102 valence electrons. The van der Waals surface area contributed by atoms with Crippen LogP contribution in [0.2, 0.25) is 0 Å². The third-order valence-corrected chi connectivity index (χ3v) is 2.58. The Kier molecular flexibility index (Phi) is 6.05. The summed E-state index contributed by atoms with van der Waals surface area (Å²) in [6, 6.07) is 0. The summed E-state index contributed by atoms with van der Waals surface area (Å²) in [6.45, 7) is 11.2. The summed E-state index contributed by atoms with van der Waals surface area (Å²) in [7, 11) is 0. The Bertz CT molecular complexity index is 347. The highest BCUT2D eigenvalue weighted by atomic mass is 16.5. The van der Waals surface area contributed by atoms with E-state index in [1.165, 1.54) is 6.33 Å². The van der Waals surface area contributed by atoms with Crippen LogP contribution in [0.3, 0.4) is 0 Å². The minimum absolute atomic E-state index is 0.285. The van der Waals surface area contributed by atoms with E-state index in [0.717, 1.165) is 31.5 Å². The number of hydrogen-bond donors (Lipinski definition) is 1. The van der Waals surface area contributed by atoms with Gasteiger partial charge < -0.3 is 10.1 Å². The van der Waals surface area contributed by atoms with E-state index in [0.29, 0.717) is 12.5 Å². The van der Waals surface area contributed by atoms with Crippen molar-refractivity contribution in [2.45, 2.75) is 47.1 Å². The Balaban J connectivity index is 2.48. The Morgan fingerprint density at radius 3 is 2.78 bits per heavy atom. The fourth-order valence-electron chi connectivity index (χ4n) is 1.45. The van der Waals surface area contributed by atoms with Crippen LogP contribution in [0.5, 0.6) is 5.88 Å². The van der Waals surface area contributed by atoms with Crippen molar-refractivity contribution in [3.63, 3.8) is 0 Å². The lowest BCUT2D eigenvalue weighted by atomic mass is 9.93. The molecule has 0 radical (unpaired) electrons. The molecule has 4 heteroatoms. The third-order valence-electron chi connectivity index (χ3n) is 2.58. The second-order valence-corrected chi connectivity index (χ2v) is 5.69. The highest BCUT2D eigenvalue weighted by Crippen LogP contribution is 2.20. The van der Waals surface area contributed by atoms with E-state index < -0.39 is 0 Å². The molecule has 0 aliphatic rings. The molecule has 4 nitrogen and oxygen atoms in total. The van der Waals surface area contributed by atoms with Gasteiger partial charge in [0.05, 0.1) is 6.61 Å². The molecule has 1 heterocycles. The van der Waals surface area contributed by atoms with Gasteiger partial charge in [0.1, 0.15) is 6.33 Å². The first-order chi connectivity index (χ1) is 8.53. The minimum atomic E-state index is 0.285. The van der Waals surface area contributed by atoms with E-state index in [-0.39, 0.29) is 5.41 Å². The molecule has 0 aliphatic carbocycles. The van der Waals surface area contributed by atoms with Crippen molar-refractivity contribution in [3.05, 3.63) is 18.1 Å². The van der Waals surface area contributed by atoms with Gasteiger partial charge in [-0.2, -0.15) is 0 Å². The second kappa shape index (κ2) is 7.31. The quantitative estimate of drug-likeness (QED) is 0.757. The maximum Gasteiger partial charge on any atom is 0.220 e. The smallest absolute Gasteiger partial charge is 0.220 e. The van der Waals surface area contributed by atoms with Crippen molar-refractivity contribution in [2.24, 2.45) is 5.41 Å². The van der Waals surface area contributed by atoms with E-state index in [1.807, 2.05) is 6.20 Å². The fraction of sp³-hybridized carbons (Fsp3) is 0.714. The van der Waals surface area contributed by atoms with Gasteiger partial charge in [-0.05, 0) is 24.8 Å². The third kappa shape index (κ3) is 5.96. The van der Waals surface area contributed by atoms with Crippen LogP contribution in [0.15, 0.2) is 12.5 Å². The Morgan fingerprint density at radius 1 is 1.33 bits per heavy atom. The number of nitrogens with one attached hydrogen (secondary N) is 1. The number of ether oxygens (including phenoxy) is 1. The van der Waals surface area contributed by atoms with Crippen molar-refractivity contribution in [1.29, 1.82) is 0 Å². The van der Waals surface area contributed by atoms with Crippen LogP contribution in [0, 0.1) is 5.41 Å². The molecule has 0 saturated heterocycles. The molecule has 1 aromatic rings. The van der Waals surface area contributed by atoms with E-state index in [2.05, 4.69) is 43.0 Å². The molecule has 0 bridgehead atoms. The van der Waals surface area contributed by atoms with Crippen molar-refractivity contribution < 1.29 is 4.74 Å². The lowest BCUT2D eigenvalue weighted by Crippen LogP contribution is -2.16. The first-order valence-corrected chi connectivity index (χ1v) is 6.65. The van der Waals surface area contributed by atoms with Gasteiger partial charge in [-0.15, -0.1) is 0 Å². The van der Waals surface area contributed by atoms with Gasteiger partial charge in [0, 0.05) is 18.3 Å². The van der Waals surface area contributed by atoms with E-state index in [4.69, 9.17) is 4.74 Å². The molecule has 0 unspecified atom stereocenters. The SMILES string of the molecule is CCCNCc1cncnc1OCCC(C)(C)C. The maximum atomic E-state index is 5.75. The van der Waals surface area contributed by atoms with E-state index in [9.17, 15) is 0 Å². The van der Waals surface area contributed by atoms with Crippen LogP contribution >= 0.6 is 0 Å². The van der Waals surface area contributed by atoms with E-state index in [1.54, 1.807) is 0 Å². The van der Waals surface area contributed by atoms with Crippen LogP contribution in [-0.2, 0) is 6.54 Å². The average molecular weight is 251 g/mol. The predicted octanol–water partition coefficient (Wildman–Crippen LogP) is 2.79. The Morgan fingerprint density at radius 2 is 2.11 bits per heavy atom. The number of rotatable bonds is 7. The summed E-state index contributed by atoms with van der Waals surface area (Å²) in [5, 5.41) is 3.34. The molecule has 1 aromatic heterocycles. The van der Waals surface area contributed by atoms with Gasteiger partial charge in [0.15, 0.2) is 0 Å². The van der Waals surface area contributed by atoms with Gasteiger partial charge in [-0.1, -0.05) is 27.7 Å². The highest BCUT2D eigenvalue weighted by molar-refractivity contribution is 5.21. The maximum absolute atomic E-state index is 5.75. The summed E-state index contributed by atoms with van der Waals surface area (Å²) >= 11 is 0. The summed E-state index contributed by atoms with van der Waals surface area (Å²) < 4.78 is 5.75. The average Bonchev–Trinajstić information content (AvgIpc) is 2.30. The highest BCUT2D eigenvalue weighted by Gasteiger charge is 2.11. The first kappa shape index (κ1) is 14.9. The second-order valence-electron chi connectivity index (χ2n) is 5.69. The molecule has 0 aliphatic heterocycles. The van der Waals surface area contributed by atoms with Crippen LogP contribution in [-0.4, -0.2) is 23.1 Å². The summed E-state index contributed by atoms with van der Waals surface area (Å²) in [6.07, 6.45) is 5.49. The molecular formula is C14H25N3O. The Labute approximate surface area is 110 Å². The summed E-state index contributed by atoms with van der Waals surface area (Å²) in [4.78, 5) is 8.25. The zero-order valence-corrected chi connectivity index (χ0v) is 12.0. The minimum Gasteiger partial charge on any atom is -0.477 e. The van der Waals surface area contributed by atoms with Crippen LogP contribution in [0.25, 0.3) is 0 Å². The zero-order chi connectivity index (χ0) is 13.4. The van der Waals surface area contributed by atoms with Gasteiger partial charge in [0.25, 0.3) is 0 Å². The first-order valence-electron chi connectivity index (χ1n) is 6.65. The van der Waals surface area contributed by atoms with Crippen molar-refractivity contribution in [1.82, 2.24) is 15.3 Å². The standard InChI is InChI=1S/C14H25N3O/c1-5-7-15-9-12-10-16-11-17-13(12)18-8-6-14(2,3)4/h10-11,15H,5-9H2,1-4H3. The van der Waals surface area contributed by atoms with Crippen molar-refractivity contribution >= 4 is 0 Å². The fourth-order valence-corrected chi connectivity index (χ4v) is 1.45. The molecule has 1 N–H and O–H groups in total. The summed E-state index contributed by atoms with van der Waals surface area (Å²) in [5.41, 5.74) is 1.31. The molecule has 0 spiro atoms. The van der Waals surface area contributed by atoms with Crippen LogP contribution < -0.4 is 10.1 Å². The lowest BCUT2D eigenvalue weighted by molar-refractivity contribution is 0.234. The van der Waals surface area contributed by atoms with Gasteiger partial charge in [-0.25, -0.2) is 9.97 Å². The molecule has 18 heavy (non-hydrogen) atoms. The number of aromatic nitrogens is 2. The van der Waals surface area contributed by atoms with Crippen LogP contribution in [0.4, 0.5) is 0 Å². The monoisotopic (exact) mass is 251 g/mol. The normalized spacial score (nSPS) is 11.6. The van der Waals surface area contributed by atoms with Gasteiger partial charge in [-0.3, -0.25) is 0 Å². The van der Waals surface area contributed by atoms with Gasteiger partial charge in [0.2, 0.25) is 5.88 Å².